The molecular weight excluding hydrogens is 537 g/mol. The van der Waals surface area contributed by atoms with E-state index in [1.165, 1.54) is 0 Å². The fourth-order valence-electron chi connectivity index (χ4n) is 3.07. The molecule has 0 atom stereocenters. The number of aromatic hydroxyl groups is 1. The van der Waals surface area contributed by atoms with Gasteiger partial charge in [-0.1, -0.05) is 62.3 Å². The number of ketones is 1. The van der Waals surface area contributed by atoms with Crippen molar-refractivity contribution in [3.63, 3.8) is 0 Å². The summed E-state index contributed by atoms with van der Waals surface area (Å²) >= 11 is 0. The number of carbonyl (C=O) groups is 1. The molecule has 8 heteroatoms. The molecule has 2 aromatic carbocycles. The van der Waals surface area contributed by atoms with Crippen LogP contribution >= 0.6 is 0 Å². The number of phenolic OH excluding ortho intramolecular Hbond substituents is 1. The van der Waals surface area contributed by atoms with E-state index >= 15 is 0 Å². The largest absolute Gasteiger partial charge is 0.543 e. The van der Waals surface area contributed by atoms with Gasteiger partial charge in [-0.2, -0.15) is 0 Å². The molecule has 0 saturated heterocycles. The van der Waals surface area contributed by atoms with Gasteiger partial charge in [-0.25, -0.2) is 0 Å². The molecule has 0 aliphatic heterocycles. The summed E-state index contributed by atoms with van der Waals surface area (Å²) in [5, 5.41) is 10.9. The van der Waals surface area contributed by atoms with Crippen molar-refractivity contribution in [1.82, 2.24) is 0 Å². The molecule has 5 nitrogen and oxygen atoms in total. The quantitative estimate of drug-likeness (QED) is 0.246. The van der Waals surface area contributed by atoms with Crippen LogP contribution in [0.1, 0.15) is 78.2 Å². The van der Waals surface area contributed by atoms with E-state index in [0.29, 0.717) is 22.8 Å². The van der Waals surface area contributed by atoms with Gasteiger partial charge in [0.15, 0.2) is 5.78 Å². The Balaban J connectivity index is 2.56. The molecule has 0 aromatic heterocycles. The van der Waals surface area contributed by atoms with E-state index in [4.69, 9.17) is 13.3 Å². The molecule has 0 spiro atoms. The van der Waals surface area contributed by atoms with E-state index in [1.807, 2.05) is 12.1 Å². The summed E-state index contributed by atoms with van der Waals surface area (Å²) in [4.78, 5) is 13.8. The van der Waals surface area contributed by atoms with E-state index in [-0.39, 0.29) is 32.2 Å². The van der Waals surface area contributed by atoms with Gasteiger partial charge in [-0.15, -0.1) is 0 Å². The smallest absolute Gasteiger partial charge is 0.250 e. The molecule has 2 rings (SSSR count). The summed E-state index contributed by atoms with van der Waals surface area (Å²) in [5.41, 5.74) is 0.631. The minimum atomic E-state index is -2.28. The molecular formula is C31H52O5Si3. The number of benzene rings is 2. The molecule has 0 bridgehead atoms. The first-order valence-corrected chi connectivity index (χ1v) is 22.6. The van der Waals surface area contributed by atoms with Gasteiger partial charge in [-0.3, -0.25) is 4.79 Å². The van der Waals surface area contributed by atoms with Gasteiger partial charge >= 0.3 is 0 Å². The van der Waals surface area contributed by atoms with E-state index in [0.717, 1.165) is 0 Å². The maximum absolute atomic E-state index is 13.8. The highest BCUT2D eigenvalue weighted by Gasteiger charge is 2.42. The van der Waals surface area contributed by atoms with Crippen LogP contribution in [0.5, 0.6) is 23.0 Å². The Labute approximate surface area is 240 Å². The standard InChI is InChI=1S/C31H52O5Si3/c1-29(2,3)37(10,11)34-22-16-18-24(26(32)20-22)28(33)25-19-17-23(35-38(12,13)30(4,5)6)21-27(25)36-39(14,15)31(7,8)9/h16-21,32H,1-15H3. The second kappa shape index (κ2) is 10.7. The average molecular weight is 589 g/mol. The molecule has 0 heterocycles. The van der Waals surface area contributed by atoms with Gasteiger partial charge in [0.1, 0.15) is 23.0 Å². The second-order valence-electron chi connectivity index (χ2n) is 15.3. The summed E-state index contributed by atoms with van der Waals surface area (Å²) in [7, 11) is -6.48. The van der Waals surface area contributed by atoms with Crippen molar-refractivity contribution < 1.29 is 23.2 Å². The highest BCUT2D eigenvalue weighted by atomic mass is 28.4. The molecule has 0 saturated carbocycles. The van der Waals surface area contributed by atoms with Crippen LogP contribution < -0.4 is 13.3 Å². The first-order valence-electron chi connectivity index (χ1n) is 13.9. The Morgan fingerprint density at radius 1 is 0.590 bits per heavy atom. The van der Waals surface area contributed by atoms with Crippen molar-refractivity contribution in [2.24, 2.45) is 0 Å². The maximum atomic E-state index is 13.8. The van der Waals surface area contributed by atoms with E-state index in [1.54, 1.807) is 24.3 Å². The Kier molecular flexibility index (Phi) is 9.14. The average Bonchev–Trinajstić information content (AvgIpc) is 2.70. The number of hydrogen-bond acceptors (Lipinski definition) is 5. The lowest BCUT2D eigenvalue weighted by molar-refractivity contribution is 0.103. The predicted molar refractivity (Wildman–Crippen MR) is 171 cm³/mol. The SMILES string of the molecule is CC(C)(C)[Si](C)(C)Oc1ccc(C(=O)c2ccc(O[Si](C)(C)C(C)(C)C)cc2O[Si](C)(C)C(C)(C)C)c(O)c1. The van der Waals surface area contributed by atoms with Crippen molar-refractivity contribution in [2.75, 3.05) is 0 Å². The summed E-state index contributed by atoms with van der Waals surface area (Å²) in [5.74, 6) is 1.39. The normalized spacial score (nSPS) is 13.7. The molecule has 0 aliphatic rings. The van der Waals surface area contributed by atoms with Crippen LogP contribution in [0.3, 0.4) is 0 Å². The Bertz CT molecular complexity index is 1200. The molecule has 0 fully saturated rings. The maximum Gasteiger partial charge on any atom is 0.250 e. The summed E-state index contributed by atoms with van der Waals surface area (Å²) in [6.45, 7) is 32.6. The van der Waals surface area contributed by atoms with Crippen LogP contribution in [0.2, 0.25) is 54.4 Å². The fraction of sp³-hybridized carbons (Fsp3) is 0.581. The summed E-state index contributed by atoms with van der Waals surface area (Å²) in [6, 6.07) is 10.5. The Morgan fingerprint density at radius 3 is 1.33 bits per heavy atom. The Morgan fingerprint density at radius 2 is 0.949 bits per heavy atom. The minimum absolute atomic E-state index is 0.0152. The Hall–Kier alpha value is -2.04. The van der Waals surface area contributed by atoms with Crippen molar-refractivity contribution in [3.8, 4) is 23.0 Å². The fourth-order valence-corrected chi connectivity index (χ4v) is 6.14. The minimum Gasteiger partial charge on any atom is -0.543 e. The zero-order valence-corrected chi connectivity index (χ0v) is 30.0. The van der Waals surface area contributed by atoms with Crippen LogP contribution in [0.15, 0.2) is 36.4 Å². The third-order valence-electron chi connectivity index (χ3n) is 8.94. The van der Waals surface area contributed by atoms with Crippen LogP contribution in [-0.4, -0.2) is 35.8 Å². The van der Waals surface area contributed by atoms with Crippen LogP contribution in [-0.2, 0) is 0 Å². The number of carbonyl (C=O) groups excluding carboxylic acids is 1. The highest BCUT2D eigenvalue weighted by Crippen LogP contribution is 2.43. The lowest BCUT2D eigenvalue weighted by Crippen LogP contribution is -2.44. The van der Waals surface area contributed by atoms with Crippen molar-refractivity contribution in [3.05, 3.63) is 47.5 Å². The van der Waals surface area contributed by atoms with Gasteiger partial charge in [0.2, 0.25) is 16.6 Å². The van der Waals surface area contributed by atoms with E-state index in [2.05, 4.69) is 102 Å². The molecule has 2 aromatic rings. The van der Waals surface area contributed by atoms with Crippen LogP contribution in [0, 0.1) is 0 Å². The lowest BCUT2D eigenvalue weighted by Gasteiger charge is -2.38. The van der Waals surface area contributed by atoms with Crippen molar-refractivity contribution in [2.45, 2.75) is 117 Å². The first kappa shape index (κ1) is 33.2. The molecule has 218 valence electrons. The molecule has 0 radical (unpaired) electrons. The second-order valence-corrected chi connectivity index (χ2v) is 29.4. The van der Waals surface area contributed by atoms with Crippen molar-refractivity contribution in [1.29, 1.82) is 0 Å². The summed E-state index contributed by atoms with van der Waals surface area (Å²) < 4.78 is 19.6. The number of phenols is 1. The van der Waals surface area contributed by atoms with E-state index in [9.17, 15) is 9.90 Å². The third kappa shape index (κ3) is 7.58. The molecule has 0 amide bonds. The first-order chi connectivity index (χ1) is 17.3. The number of rotatable bonds is 8. The van der Waals surface area contributed by atoms with Gasteiger partial charge < -0.3 is 18.4 Å². The van der Waals surface area contributed by atoms with Gasteiger partial charge in [0.05, 0.1) is 11.1 Å². The number of hydrogen-bond donors (Lipinski definition) is 1. The van der Waals surface area contributed by atoms with Crippen LogP contribution in [0.25, 0.3) is 0 Å². The van der Waals surface area contributed by atoms with Crippen LogP contribution in [0.4, 0.5) is 0 Å². The topological polar surface area (TPSA) is 65.0 Å². The van der Waals surface area contributed by atoms with Crippen molar-refractivity contribution >= 4 is 30.7 Å². The van der Waals surface area contributed by atoms with Gasteiger partial charge in [0, 0.05) is 12.1 Å². The third-order valence-corrected chi connectivity index (χ3v) is 22.0. The molecule has 0 unspecified atom stereocenters. The molecule has 39 heavy (non-hydrogen) atoms. The summed E-state index contributed by atoms with van der Waals surface area (Å²) in [6.07, 6.45) is 0. The molecule has 0 aliphatic carbocycles. The zero-order chi connectivity index (χ0) is 30.4. The lowest BCUT2D eigenvalue weighted by atomic mass is 10.0. The van der Waals surface area contributed by atoms with Gasteiger partial charge in [-0.05, 0) is 78.7 Å². The van der Waals surface area contributed by atoms with Gasteiger partial charge in [0.25, 0.3) is 8.32 Å². The predicted octanol–water partition coefficient (Wildman–Crippen LogP) is 9.78. The monoisotopic (exact) mass is 588 g/mol. The molecule has 1 N–H and O–H groups in total. The zero-order valence-electron chi connectivity index (χ0n) is 27.0. The highest BCUT2D eigenvalue weighted by molar-refractivity contribution is 6.75. The van der Waals surface area contributed by atoms with E-state index < -0.39 is 25.0 Å².